The van der Waals surface area contributed by atoms with E-state index in [1.54, 1.807) is 7.11 Å². The highest BCUT2D eigenvalue weighted by Crippen LogP contribution is 2.38. The molecule has 19 heavy (non-hydrogen) atoms. The quantitative estimate of drug-likeness (QED) is 0.876. The standard InChI is InChI=1S/C16H25NO2/c1-12-7-13(2)10-16(9-12,11-18)17-14-5-4-6-15(8-14)19-3/h4-6,8,12-13,17-18H,7,9-11H2,1-3H3. The molecule has 2 unspecified atom stereocenters. The monoisotopic (exact) mass is 263 g/mol. The van der Waals surface area contributed by atoms with Crippen LogP contribution in [0.5, 0.6) is 5.75 Å². The summed E-state index contributed by atoms with van der Waals surface area (Å²) in [6, 6.07) is 7.93. The van der Waals surface area contributed by atoms with Crippen LogP contribution in [0.25, 0.3) is 0 Å². The highest BCUT2D eigenvalue weighted by molar-refractivity contribution is 5.50. The van der Waals surface area contributed by atoms with Crippen molar-refractivity contribution in [1.29, 1.82) is 0 Å². The molecular weight excluding hydrogens is 238 g/mol. The fourth-order valence-electron chi connectivity index (χ4n) is 3.55. The van der Waals surface area contributed by atoms with E-state index in [4.69, 9.17) is 4.74 Å². The predicted octanol–water partition coefficient (Wildman–Crippen LogP) is 3.29. The van der Waals surface area contributed by atoms with Gasteiger partial charge < -0.3 is 15.2 Å². The normalized spacial score (nSPS) is 30.9. The van der Waals surface area contributed by atoms with Crippen LogP contribution in [0.15, 0.2) is 24.3 Å². The van der Waals surface area contributed by atoms with Crippen molar-refractivity contribution >= 4 is 5.69 Å². The van der Waals surface area contributed by atoms with Gasteiger partial charge in [0.25, 0.3) is 0 Å². The summed E-state index contributed by atoms with van der Waals surface area (Å²) < 4.78 is 5.25. The van der Waals surface area contributed by atoms with Crippen molar-refractivity contribution < 1.29 is 9.84 Å². The van der Waals surface area contributed by atoms with Crippen molar-refractivity contribution in [2.75, 3.05) is 19.0 Å². The zero-order valence-corrected chi connectivity index (χ0v) is 12.1. The molecule has 3 heteroatoms. The molecule has 1 aliphatic rings. The lowest BCUT2D eigenvalue weighted by atomic mass is 9.72. The maximum absolute atomic E-state index is 9.87. The van der Waals surface area contributed by atoms with E-state index in [2.05, 4.69) is 19.2 Å². The van der Waals surface area contributed by atoms with E-state index in [1.807, 2.05) is 24.3 Å². The predicted molar refractivity (Wildman–Crippen MR) is 78.6 cm³/mol. The second-order valence-corrected chi connectivity index (χ2v) is 6.15. The van der Waals surface area contributed by atoms with Gasteiger partial charge in [-0.2, -0.15) is 0 Å². The zero-order chi connectivity index (χ0) is 13.9. The first kappa shape index (κ1) is 14.2. The van der Waals surface area contributed by atoms with Crippen LogP contribution in [0.2, 0.25) is 0 Å². The average Bonchev–Trinajstić information content (AvgIpc) is 2.37. The van der Waals surface area contributed by atoms with Crippen LogP contribution in [-0.2, 0) is 0 Å². The number of methoxy groups -OCH3 is 1. The first-order valence-electron chi connectivity index (χ1n) is 7.10. The summed E-state index contributed by atoms with van der Waals surface area (Å²) in [7, 11) is 1.67. The Hall–Kier alpha value is -1.22. The molecule has 0 aromatic heterocycles. The van der Waals surface area contributed by atoms with Crippen LogP contribution >= 0.6 is 0 Å². The third kappa shape index (κ3) is 3.41. The van der Waals surface area contributed by atoms with E-state index in [-0.39, 0.29) is 12.1 Å². The maximum Gasteiger partial charge on any atom is 0.120 e. The number of rotatable bonds is 4. The molecule has 2 rings (SSSR count). The first-order chi connectivity index (χ1) is 9.07. The minimum atomic E-state index is -0.191. The van der Waals surface area contributed by atoms with Crippen molar-refractivity contribution in [3.63, 3.8) is 0 Å². The molecule has 2 N–H and O–H groups in total. The van der Waals surface area contributed by atoms with Crippen molar-refractivity contribution in [3.8, 4) is 5.75 Å². The summed E-state index contributed by atoms with van der Waals surface area (Å²) >= 11 is 0. The van der Waals surface area contributed by atoms with Gasteiger partial charge in [-0.3, -0.25) is 0 Å². The number of hydrogen-bond acceptors (Lipinski definition) is 3. The minimum absolute atomic E-state index is 0.179. The topological polar surface area (TPSA) is 41.5 Å². The summed E-state index contributed by atoms with van der Waals surface area (Å²) in [5.74, 6) is 2.14. The molecule has 0 aliphatic heterocycles. The molecule has 0 amide bonds. The van der Waals surface area contributed by atoms with Crippen LogP contribution in [0.1, 0.15) is 33.1 Å². The van der Waals surface area contributed by atoms with Gasteiger partial charge >= 0.3 is 0 Å². The molecule has 3 nitrogen and oxygen atoms in total. The zero-order valence-electron chi connectivity index (χ0n) is 12.1. The minimum Gasteiger partial charge on any atom is -0.497 e. The molecule has 0 spiro atoms. The lowest BCUT2D eigenvalue weighted by Gasteiger charge is -2.43. The Morgan fingerprint density at radius 1 is 1.32 bits per heavy atom. The van der Waals surface area contributed by atoms with E-state index in [1.165, 1.54) is 6.42 Å². The van der Waals surface area contributed by atoms with E-state index < -0.39 is 0 Å². The van der Waals surface area contributed by atoms with Gasteiger partial charge in [-0.15, -0.1) is 0 Å². The molecule has 1 aromatic rings. The molecule has 1 aliphatic carbocycles. The molecule has 1 aromatic carbocycles. The highest BCUT2D eigenvalue weighted by atomic mass is 16.5. The van der Waals surface area contributed by atoms with Crippen LogP contribution < -0.4 is 10.1 Å². The number of aliphatic hydroxyl groups is 1. The fourth-order valence-corrected chi connectivity index (χ4v) is 3.55. The molecule has 106 valence electrons. The van der Waals surface area contributed by atoms with Crippen LogP contribution in [0, 0.1) is 11.8 Å². The van der Waals surface area contributed by atoms with Gasteiger partial charge in [0.05, 0.1) is 19.3 Å². The summed E-state index contributed by atoms with van der Waals surface area (Å²) in [6.45, 7) is 4.72. The molecule has 1 saturated carbocycles. The van der Waals surface area contributed by atoms with Gasteiger partial charge in [-0.25, -0.2) is 0 Å². The van der Waals surface area contributed by atoms with Crippen LogP contribution in [0.3, 0.4) is 0 Å². The summed E-state index contributed by atoms with van der Waals surface area (Å²) in [6.07, 6.45) is 3.29. The van der Waals surface area contributed by atoms with Crippen molar-refractivity contribution in [2.24, 2.45) is 11.8 Å². The summed E-state index contributed by atoms with van der Waals surface area (Å²) in [5, 5.41) is 13.4. The molecule has 1 fully saturated rings. The number of nitrogens with one attached hydrogen (secondary N) is 1. The summed E-state index contributed by atoms with van der Waals surface area (Å²) in [4.78, 5) is 0. The SMILES string of the molecule is COc1cccc(NC2(CO)CC(C)CC(C)C2)c1. The van der Waals surface area contributed by atoms with Crippen molar-refractivity contribution in [2.45, 2.75) is 38.6 Å². The average molecular weight is 263 g/mol. The lowest BCUT2D eigenvalue weighted by molar-refractivity contribution is 0.122. The van der Waals surface area contributed by atoms with Crippen LogP contribution in [0.4, 0.5) is 5.69 Å². The number of anilines is 1. The van der Waals surface area contributed by atoms with Gasteiger partial charge in [0.1, 0.15) is 5.75 Å². The Bertz CT molecular complexity index is 409. The lowest BCUT2D eigenvalue weighted by Crippen LogP contribution is -2.48. The number of benzene rings is 1. The molecule has 0 bridgehead atoms. The van der Waals surface area contributed by atoms with Gasteiger partial charge in [0.2, 0.25) is 0 Å². The van der Waals surface area contributed by atoms with Gasteiger partial charge in [-0.1, -0.05) is 19.9 Å². The molecule has 0 saturated heterocycles. The van der Waals surface area contributed by atoms with Crippen LogP contribution in [-0.4, -0.2) is 24.4 Å². The largest absolute Gasteiger partial charge is 0.497 e. The molecule has 2 atom stereocenters. The van der Waals surface area contributed by atoms with Gasteiger partial charge in [0.15, 0.2) is 0 Å². The molecular formula is C16H25NO2. The number of hydrogen-bond donors (Lipinski definition) is 2. The Balaban J connectivity index is 2.17. The van der Waals surface area contributed by atoms with E-state index in [9.17, 15) is 5.11 Å². The smallest absolute Gasteiger partial charge is 0.120 e. The van der Waals surface area contributed by atoms with Gasteiger partial charge in [0, 0.05) is 11.8 Å². The number of ether oxygens (including phenoxy) is 1. The van der Waals surface area contributed by atoms with E-state index in [0.29, 0.717) is 11.8 Å². The van der Waals surface area contributed by atoms with Crippen molar-refractivity contribution in [1.82, 2.24) is 0 Å². The first-order valence-corrected chi connectivity index (χ1v) is 7.10. The third-order valence-corrected chi connectivity index (χ3v) is 4.07. The Morgan fingerprint density at radius 3 is 2.58 bits per heavy atom. The molecule has 0 heterocycles. The highest BCUT2D eigenvalue weighted by Gasteiger charge is 2.37. The fraction of sp³-hybridized carbons (Fsp3) is 0.625. The Morgan fingerprint density at radius 2 is 2.00 bits per heavy atom. The summed E-state index contributed by atoms with van der Waals surface area (Å²) in [5.41, 5.74) is 0.832. The van der Waals surface area contributed by atoms with Crippen molar-refractivity contribution in [3.05, 3.63) is 24.3 Å². The van der Waals surface area contributed by atoms with Gasteiger partial charge in [-0.05, 0) is 43.2 Å². The van der Waals surface area contributed by atoms with E-state index in [0.717, 1.165) is 24.3 Å². The third-order valence-electron chi connectivity index (χ3n) is 4.07. The number of aliphatic hydroxyl groups excluding tert-OH is 1. The molecule has 0 radical (unpaired) electrons. The second kappa shape index (κ2) is 5.83. The maximum atomic E-state index is 9.87. The van der Waals surface area contributed by atoms with E-state index >= 15 is 0 Å². The Kier molecular flexibility index (Phi) is 4.35. The Labute approximate surface area is 116 Å². The second-order valence-electron chi connectivity index (χ2n) is 6.15.